The molecule has 0 bridgehead atoms. The number of nitrogens with two attached hydrogens (primary N) is 2. The number of carboxylic acids is 1. The maximum Gasteiger partial charge on any atom is 0.319 e. The minimum atomic E-state index is -1.35. The summed E-state index contributed by atoms with van der Waals surface area (Å²) in [7, 11) is 0. The monoisotopic (exact) mass is 413 g/mol. The van der Waals surface area contributed by atoms with Gasteiger partial charge in [0, 0.05) is 47.0 Å². The van der Waals surface area contributed by atoms with Crippen molar-refractivity contribution >= 4 is 16.7 Å². The Morgan fingerprint density at radius 2 is 1.81 bits per heavy atom. The van der Waals surface area contributed by atoms with Crippen LogP contribution in [0.3, 0.4) is 0 Å². The molecular weight excluding hydrogens is 399 g/mol. The van der Waals surface area contributed by atoms with E-state index in [2.05, 4.69) is 5.43 Å². The number of carbonyl (C=O) groups is 1. The molecular formula is C14H14N3O3Pr-. The number of hydrogen-bond acceptors (Lipinski definition) is 4. The number of hydrogen-bond donors (Lipinski definition) is 3. The van der Waals surface area contributed by atoms with Crippen LogP contribution in [0, 0.1) is 48.2 Å². The second kappa shape index (κ2) is 7.59. The second-order valence-electron chi connectivity index (χ2n) is 4.26. The molecule has 0 aliphatic carbocycles. The zero-order valence-electron chi connectivity index (χ0n) is 11.4. The second-order valence-corrected chi connectivity index (χ2v) is 4.26. The van der Waals surface area contributed by atoms with Gasteiger partial charge in [-0.25, -0.2) is 4.79 Å². The molecule has 0 aromatic heterocycles. The summed E-state index contributed by atoms with van der Waals surface area (Å²) in [4.78, 5) is 10.8. The fourth-order valence-electron chi connectivity index (χ4n) is 1.81. The number of fused-ring (bicyclic) bond motifs is 1. The molecule has 5 N–H and O–H groups in total. The molecule has 1 radical (unpaired) electrons. The van der Waals surface area contributed by atoms with Crippen molar-refractivity contribution in [1.82, 2.24) is 0 Å². The maximum atomic E-state index is 10.8. The van der Waals surface area contributed by atoms with Crippen LogP contribution in [0.25, 0.3) is 16.2 Å². The number of aryl methyl sites for hydroxylation is 1. The van der Waals surface area contributed by atoms with Gasteiger partial charge in [-0.2, -0.15) is 0 Å². The summed E-state index contributed by atoms with van der Waals surface area (Å²) in [6.45, 7) is 2.01. The zero-order valence-corrected chi connectivity index (χ0v) is 15.1. The largest absolute Gasteiger partial charge is 0.615 e. The molecule has 21 heavy (non-hydrogen) atoms. The van der Waals surface area contributed by atoms with Crippen LogP contribution in [-0.2, 0) is 4.79 Å². The molecule has 107 valence electrons. The quantitative estimate of drug-likeness (QED) is 0.307. The first-order valence-electron chi connectivity index (χ1n) is 5.83. The van der Waals surface area contributed by atoms with Crippen molar-refractivity contribution in [2.75, 3.05) is 0 Å². The van der Waals surface area contributed by atoms with Crippen molar-refractivity contribution in [3.8, 4) is 5.75 Å². The first-order valence-corrected chi connectivity index (χ1v) is 5.83. The average Bonchev–Trinajstić information content (AvgIpc) is 2.39. The smallest absolute Gasteiger partial charge is 0.319 e. The fourth-order valence-corrected chi connectivity index (χ4v) is 1.81. The van der Waals surface area contributed by atoms with E-state index in [-0.39, 0.29) is 47.2 Å². The fraction of sp³-hybridized carbons (Fsp3) is 0.0714. The molecule has 0 heterocycles. The Morgan fingerprint density at radius 1 is 1.19 bits per heavy atom. The molecule has 0 unspecified atom stereocenters. The Balaban J connectivity index is 0.00000220. The molecule has 0 saturated heterocycles. The third-order valence-electron chi connectivity index (χ3n) is 2.76. The molecule has 0 spiro atoms. The summed E-state index contributed by atoms with van der Waals surface area (Å²) in [5.74, 6) is 3.68. The van der Waals surface area contributed by atoms with Gasteiger partial charge in [0.2, 0.25) is 0 Å². The van der Waals surface area contributed by atoms with Gasteiger partial charge in [-0.1, -0.05) is 29.8 Å². The van der Waals surface area contributed by atoms with Gasteiger partial charge >= 0.3 is 5.97 Å². The normalized spacial score (nSPS) is 11.3. The molecule has 0 fully saturated rings. The van der Waals surface area contributed by atoms with Crippen molar-refractivity contribution in [3.05, 3.63) is 59.0 Å². The Bertz CT molecular complexity index is 701. The van der Waals surface area contributed by atoms with E-state index < -0.39 is 11.7 Å². The first-order chi connectivity index (χ1) is 9.51. The van der Waals surface area contributed by atoms with Crippen LogP contribution in [0.1, 0.15) is 5.56 Å². The summed E-state index contributed by atoms with van der Waals surface area (Å²) >= 11 is 0. The molecule has 7 heteroatoms. The maximum absolute atomic E-state index is 10.8. The predicted octanol–water partition coefficient (Wildman–Crippen LogP) is 1.99. The summed E-state index contributed by atoms with van der Waals surface area (Å²) in [6.07, 6.45) is 0. The van der Waals surface area contributed by atoms with Crippen LogP contribution < -0.4 is 16.3 Å². The van der Waals surface area contributed by atoms with Crippen molar-refractivity contribution in [2.24, 2.45) is 11.6 Å². The number of nitrogens with zero attached hydrogens (tertiary/aromatic N) is 1. The minimum Gasteiger partial charge on any atom is -0.615 e. The van der Waals surface area contributed by atoms with Crippen LogP contribution in [0.2, 0.25) is 0 Å². The van der Waals surface area contributed by atoms with E-state index in [4.69, 9.17) is 21.4 Å². The van der Waals surface area contributed by atoms with Crippen molar-refractivity contribution < 1.29 is 55.9 Å². The summed E-state index contributed by atoms with van der Waals surface area (Å²) in [5.41, 5.74) is 9.25. The number of aliphatic carboxylic acids is 1. The van der Waals surface area contributed by atoms with Gasteiger partial charge < -0.3 is 26.8 Å². The van der Waals surface area contributed by atoms with E-state index in [1.807, 2.05) is 31.2 Å². The summed E-state index contributed by atoms with van der Waals surface area (Å²) in [6, 6.07) is 11.3. The van der Waals surface area contributed by atoms with E-state index in [0.717, 1.165) is 16.3 Å². The van der Waals surface area contributed by atoms with E-state index in [1.165, 1.54) is 0 Å². The number of ether oxygens (including phenoxy) is 1. The average molecular weight is 413 g/mol. The van der Waals surface area contributed by atoms with Crippen molar-refractivity contribution in [1.29, 1.82) is 0 Å². The number of rotatable bonds is 4. The van der Waals surface area contributed by atoms with Crippen molar-refractivity contribution in [3.63, 3.8) is 0 Å². The Hall–Kier alpha value is -1.37. The van der Waals surface area contributed by atoms with Gasteiger partial charge in [0.1, 0.15) is 5.75 Å². The molecule has 0 aliphatic heterocycles. The standard InChI is InChI=1S/C14H14N3O3.Pr/c1-8-2-3-10-7-11(5-4-9(10)6-8)20-13(15)12(17-16)14(18)19;/h2-7H,15-16H2,1H3,(H,18,19);/q-1;/b13-12+;. The van der Waals surface area contributed by atoms with Crippen LogP contribution >= 0.6 is 0 Å². The molecule has 6 nitrogen and oxygen atoms in total. The third kappa shape index (κ3) is 4.30. The van der Waals surface area contributed by atoms with Crippen LogP contribution in [0.5, 0.6) is 5.75 Å². The van der Waals surface area contributed by atoms with Gasteiger partial charge in [0.15, 0.2) is 5.88 Å². The Labute approximate surface area is 155 Å². The molecule has 0 amide bonds. The van der Waals surface area contributed by atoms with E-state index >= 15 is 0 Å². The Morgan fingerprint density at radius 3 is 2.43 bits per heavy atom. The molecule has 2 aromatic rings. The minimum absolute atomic E-state index is 0. The third-order valence-corrected chi connectivity index (χ3v) is 2.76. The number of benzene rings is 2. The summed E-state index contributed by atoms with van der Waals surface area (Å²) in [5, 5.41) is 10.9. The molecule has 0 saturated carbocycles. The van der Waals surface area contributed by atoms with Gasteiger partial charge in [-0.3, -0.25) is 0 Å². The van der Waals surface area contributed by atoms with Gasteiger partial charge in [-0.15, -0.1) is 0 Å². The predicted molar refractivity (Wildman–Crippen MR) is 75.7 cm³/mol. The first kappa shape index (κ1) is 17.7. The molecule has 0 aliphatic rings. The SMILES string of the molecule is Cc1ccc2cc(O/C(N)=C(/[N-]N)C(=O)O)ccc2c1.[Pr]. The van der Waals surface area contributed by atoms with Gasteiger partial charge in [0.05, 0.1) is 0 Å². The van der Waals surface area contributed by atoms with E-state index in [0.29, 0.717) is 5.75 Å². The van der Waals surface area contributed by atoms with E-state index in [9.17, 15) is 4.79 Å². The Kier molecular flexibility index (Phi) is 6.39. The van der Waals surface area contributed by atoms with Crippen LogP contribution in [0.4, 0.5) is 0 Å². The number of carboxylic acid groups (broad SMARTS) is 1. The van der Waals surface area contributed by atoms with E-state index in [1.54, 1.807) is 12.1 Å². The van der Waals surface area contributed by atoms with Crippen LogP contribution in [-0.4, -0.2) is 11.1 Å². The topological polar surface area (TPSA) is 113 Å². The zero-order chi connectivity index (χ0) is 14.7. The summed E-state index contributed by atoms with van der Waals surface area (Å²) < 4.78 is 5.27. The molecule has 2 aromatic carbocycles. The van der Waals surface area contributed by atoms with Gasteiger partial charge in [-0.05, 0) is 29.8 Å². The molecule has 0 atom stereocenters. The van der Waals surface area contributed by atoms with Gasteiger partial charge in [0.25, 0.3) is 0 Å². The van der Waals surface area contributed by atoms with Crippen molar-refractivity contribution in [2.45, 2.75) is 6.92 Å². The molecule has 2 rings (SSSR count). The van der Waals surface area contributed by atoms with Crippen LogP contribution in [0.15, 0.2) is 48.0 Å².